The SMILES string of the molecule is O=C(NCCSCc1ccccc1)c1cccc(S(=O)(=O)Nc2ccc3c(c2)OCO3)c1. The van der Waals surface area contributed by atoms with Crippen LogP contribution in [0.3, 0.4) is 0 Å². The van der Waals surface area contributed by atoms with Gasteiger partial charge in [-0.25, -0.2) is 8.42 Å². The van der Waals surface area contributed by atoms with Crippen molar-refractivity contribution < 1.29 is 22.7 Å². The fourth-order valence-electron chi connectivity index (χ4n) is 3.08. The first-order chi connectivity index (χ1) is 15.5. The molecule has 0 aliphatic carbocycles. The number of benzene rings is 3. The second-order valence-electron chi connectivity index (χ2n) is 7.00. The smallest absolute Gasteiger partial charge is 0.261 e. The zero-order valence-electron chi connectivity index (χ0n) is 17.1. The van der Waals surface area contributed by atoms with E-state index < -0.39 is 10.0 Å². The Balaban J connectivity index is 1.33. The number of carbonyl (C=O) groups excluding carboxylic acids is 1. The number of sulfonamides is 1. The molecule has 0 fully saturated rings. The first kappa shape index (κ1) is 22.0. The van der Waals surface area contributed by atoms with Gasteiger partial charge in [0.25, 0.3) is 15.9 Å². The summed E-state index contributed by atoms with van der Waals surface area (Å²) in [4.78, 5) is 12.5. The Kier molecular flexibility index (Phi) is 6.87. The van der Waals surface area contributed by atoms with E-state index in [4.69, 9.17) is 9.47 Å². The number of amides is 1. The number of thioether (sulfide) groups is 1. The Morgan fingerprint density at radius 1 is 0.938 bits per heavy atom. The first-order valence-electron chi connectivity index (χ1n) is 9.94. The van der Waals surface area contributed by atoms with Crippen LogP contribution in [0.25, 0.3) is 0 Å². The maximum absolute atomic E-state index is 12.8. The summed E-state index contributed by atoms with van der Waals surface area (Å²) in [7, 11) is -3.88. The summed E-state index contributed by atoms with van der Waals surface area (Å²) >= 11 is 1.72. The molecule has 4 rings (SSSR count). The minimum atomic E-state index is -3.88. The van der Waals surface area contributed by atoms with Crippen molar-refractivity contribution in [3.8, 4) is 11.5 Å². The molecule has 1 aliphatic heterocycles. The Morgan fingerprint density at radius 3 is 2.59 bits per heavy atom. The van der Waals surface area contributed by atoms with E-state index in [1.54, 1.807) is 42.1 Å². The van der Waals surface area contributed by atoms with Gasteiger partial charge in [-0.2, -0.15) is 11.8 Å². The third kappa shape index (κ3) is 5.54. The highest BCUT2D eigenvalue weighted by atomic mass is 32.2. The fraction of sp³-hybridized carbons (Fsp3) is 0.174. The molecule has 1 aliphatic rings. The summed E-state index contributed by atoms with van der Waals surface area (Å²) in [5.41, 5.74) is 1.86. The van der Waals surface area contributed by atoms with Gasteiger partial charge in [0.15, 0.2) is 11.5 Å². The summed E-state index contributed by atoms with van der Waals surface area (Å²) in [5, 5.41) is 2.84. The molecule has 3 aromatic rings. The van der Waals surface area contributed by atoms with Crippen LogP contribution < -0.4 is 19.5 Å². The molecule has 3 aromatic carbocycles. The number of anilines is 1. The molecule has 1 amide bonds. The van der Waals surface area contributed by atoms with Gasteiger partial charge in [0.2, 0.25) is 6.79 Å². The van der Waals surface area contributed by atoms with E-state index in [-0.39, 0.29) is 23.2 Å². The van der Waals surface area contributed by atoms with E-state index in [0.717, 1.165) is 11.5 Å². The number of rotatable bonds is 9. The van der Waals surface area contributed by atoms with E-state index in [1.807, 2.05) is 18.2 Å². The van der Waals surface area contributed by atoms with Crippen LogP contribution >= 0.6 is 11.8 Å². The van der Waals surface area contributed by atoms with Gasteiger partial charge in [0, 0.05) is 29.7 Å². The minimum absolute atomic E-state index is 0.00118. The highest BCUT2D eigenvalue weighted by molar-refractivity contribution is 7.98. The van der Waals surface area contributed by atoms with Crippen LogP contribution in [0.15, 0.2) is 77.7 Å². The van der Waals surface area contributed by atoms with Crippen LogP contribution in [0.2, 0.25) is 0 Å². The van der Waals surface area contributed by atoms with Gasteiger partial charge < -0.3 is 14.8 Å². The fourth-order valence-corrected chi connectivity index (χ4v) is 5.00. The first-order valence-corrected chi connectivity index (χ1v) is 12.6. The standard InChI is InChI=1S/C23H22N2O5S2/c26-23(24-11-12-31-15-17-5-2-1-3-6-17)18-7-4-8-20(13-18)32(27,28)25-19-9-10-21-22(14-19)30-16-29-21/h1-10,13-14,25H,11-12,15-16H2,(H,24,26). The van der Waals surface area contributed by atoms with Crippen molar-refractivity contribution in [1.29, 1.82) is 0 Å². The zero-order chi connectivity index (χ0) is 22.4. The predicted octanol–water partition coefficient (Wildman–Crippen LogP) is 3.88. The largest absolute Gasteiger partial charge is 0.454 e. The number of hydrogen-bond donors (Lipinski definition) is 2. The number of ether oxygens (including phenoxy) is 2. The van der Waals surface area contributed by atoms with Gasteiger partial charge in [-0.3, -0.25) is 9.52 Å². The molecule has 0 unspecified atom stereocenters. The summed E-state index contributed by atoms with van der Waals surface area (Å²) < 4.78 is 38.6. The van der Waals surface area contributed by atoms with Crippen molar-refractivity contribution in [1.82, 2.24) is 5.32 Å². The molecular formula is C23H22N2O5S2. The third-order valence-corrected chi connectivity index (χ3v) is 7.08. The minimum Gasteiger partial charge on any atom is -0.454 e. The lowest BCUT2D eigenvalue weighted by molar-refractivity contribution is 0.0956. The Labute approximate surface area is 191 Å². The topological polar surface area (TPSA) is 93.7 Å². The molecule has 2 N–H and O–H groups in total. The van der Waals surface area contributed by atoms with Gasteiger partial charge in [0.05, 0.1) is 10.6 Å². The van der Waals surface area contributed by atoms with Crippen LogP contribution in [0.1, 0.15) is 15.9 Å². The second kappa shape index (κ2) is 9.97. The number of fused-ring (bicyclic) bond motifs is 1. The lowest BCUT2D eigenvalue weighted by atomic mass is 10.2. The van der Waals surface area contributed by atoms with E-state index in [1.165, 1.54) is 17.7 Å². The van der Waals surface area contributed by atoms with Crippen LogP contribution in [0, 0.1) is 0 Å². The normalized spacial score (nSPS) is 12.4. The quantitative estimate of drug-likeness (QED) is 0.461. The van der Waals surface area contributed by atoms with Gasteiger partial charge in [0.1, 0.15) is 0 Å². The van der Waals surface area contributed by atoms with Crippen LogP contribution in [0.5, 0.6) is 11.5 Å². The van der Waals surface area contributed by atoms with Crippen molar-refractivity contribution in [2.75, 3.05) is 23.8 Å². The van der Waals surface area contributed by atoms with Crippen molar-refractivity contribution in [3.05, 3.63) is 83.9 Å². The van der Waals surface area contributed by atoms with E-state index >= 15 is 0 Å². The third-order valence-electron chi connectivity index (χ3n) is 4.67. The molecule has 0 bridgehead atoms. The summed E-state index contributed by atoms with van der Waals surface area (Å²) in [6, 6.07) is 20.8. The van der Waals surface area contributed by atoms with Gasteiger partial charge in [-0.1, -0.05) is 36.4 Å². The maximum Gasteiger partial charge on any atom is 0.261 e. The summed E-state index contributed by atoms with van der Waals surface area (Å²) in [5.74, 6) is 2.35. The van der Waals surface area contributed by atoms with Crippen molar-refractivity contribution in [2.45, 2.75) is 10.6 Å². The van der Waals surface area contributed by atoms with E-state index in [0.29, 0.717) is 23.7 Å². The average Bonchev–Trinajstić information content (AvgIpc) is 3.27. The average molecular weight is 471 g/mol. The van der Waals surface area contributed by atoms with Gasteiger partial charge in [-0.15, -0.1) is 0 Å². The molecule has 7 nitrogen and oxygen atoms in total. The van der Waals surface area contributed by atoms with Crippen molar-refractivity contribution >= 4 is 33.4 Å². The molecule has 9 heteroatoms. The van der Waals surface area contributed by atoms with E-state index in [9.17, 15) is 13.2 Å². The zero-order valence-corrected chi connectivity index (χ0v) is 18.7. The molecule has 0 atom stereocenters. The van der Waals surface area contributed by atoms with Gasteiger partial charge in [-0.05, 0) is 35.9 Å². The molecular weight excluding hydrogens is 448 g/mol. The lowest BCUT2D eigenvalue weighted by Gasteiger charge is -2.10. The highest BCUT2D eigenvalue weighted by Crippen LogP contribution is 2.34. The molecule has 1 heterocycles. The van der Waals surface area contributed by atoms with Crippen LogP contribution in [-0.2, 0) is 15.8 Å². The molecule has 0 aromatic heterocycles. The molecule has 0 spiro atoms. The molecule has 0 radical (unpaired) electrons. The summed E-state index contributed by atoms with van der Waals surface area (Å²) in [6.45, 7) is 0.593. The highest BCUT2D eigenvalue weighted by Gasteiger charge is 2.19. The molecule has 0 saturated carbocycles. The molecule has 32 heavy (non-hydrogen) atoms. The van der Waals surface area contributed by atoms with Crippen LogP contribution in [-0.4, -0.2) is 33.4 Å². The second-order valence-corrected chi connectivity index (χ2v) is 9.78. The Morgan fingerprint density at radius 2 is 1.75 bits per heavy atom. The van der Waals surface area contributed by atoms with Crippen molar-refractivity contribution in [3.63, 3.8) is 0 Å². The molecule has 166 valence electrons. The molecule has 0 saturated heterocycles. The number of nitrogens with one attached hydrogen (secondary N) is 2. The number of carbonyl (C=O) groups is 1. The number of hydrogen-bond acceptors (Lipinski definition) is 6. The van der Waals surface area contributed by atoms with Gasteiger partial charge >= 0.3 is 0 Å². The van der Waals surface area contributed by atoms with E-state index in [2.05, 4.69) is 22.2 Å². The van der Waals surface area contributed by atoms with Crippen LogP contribution in [0.4, 0.5) is 5.69 Å². The monoisotopic (exact) mass is 470 g/mol. The predicted molar refractivity (Wildman–Crippen MR) is 125 cm³/mol. The lowest BCUT2D eigenvalue weighted by Crippen LogP contribution is -2.26. The Hall–Kier alpha value is -3.17. The summed E-state index contributed by atoms with van der Waals surface area (Å²) in [6.07, 6.45) is 0. The Bertz CT molecular complexity index is 1200. The van der Waals surface area contributed by atoms with Crippen molar-refractivity contribution in [2.24, 2.45) is 0 Å². The maximum atomic E-state index is 12.8.